The van der Waals surface area contributed by atoms with Crippen LogP contribution < -0.4 is 10.6 Å². The normalized spacial score (nSPS) is 14.6. The highest BCUT2D eigenvalue weighted by Gasteiger charge is 2.21. The second-order valence-corrected chi connectivity index (χ2v) is 6.23. The summed E-state index contributed by atoms with van der Waals surface area (Å²) >= 11 is 0. The van der Waals surface area contributed by atoms with Crippen LogP contribution >= 0.6 is 0 Å². The van der Waals surface area contributed by atoms with Crippen LogP contribution in [0.2, 0.25) is 0 Å². The van der Waals surface area contributed by atoms with Crippen molar-refractivity contribution in [3.63, 3.8) is 0 Å². The monoisotopic (exact) mass is 312 g/mol. The second-order valence-electron chi connectivity index (χ2n) is 6.23. The van der Waals surface area contributed by atoms with Gasteiger partial charge in [0.1, 0.15) is 11.5 Å². The van der Waals surface area contributed by atoms with Crippen molar-refractivity contribution in [3.8, 4) is 0 Å². The van der Waals surface area contributed by atoms with E-state index in [1.54, 1.807) is 11.0 Å². The average Bonchev–Trinajstić information content (AvgIpc) is 3.03. The first-order chi connectivity index (χ1) is 11.2. The van der Waals surface area contributed by atoms with Gasteiger partial charge in [0.25, 0.3) is 0 Å². The highest BCUT2D eigenvalue weighted by atomic mass is 15.5. The minimum Gasteiger partial charge on any atom is -0.369 e. The lowest BCUT2D eigenvalue weighted by Gasteiger charge is -2.08. The van der Waals surface area contributed by atoms with Crippen molar-refractivity contribution >= 4 is 28.6 Å². The van der Waals surface area contributed by atoms with E-state index in [1.807, 2.05) is 26.1 Å². The standard InChI is InChI=1S/C15H20N8/c1-9(2)23-18-8-12(22-23)19-15-20-13-11(5-6-16-13)14(21-15)17-7-10-3-4-10/h5-6,8-10H,3-4,7H2,1-2H3,(H3,16,17,19,20,21,22). The molecule has 3 N–H and O–H groups in total. The SMILES string of the molecule is CC(C)n1ncc(Nc2nc(NCC3CC3)c3cc[nH]c3n2)n1. The Bertz CT molecular complexity index is 814. The van der Waals surface area contributed by atoms with Crippen LogP contribution in [0.5, 0.6) is 0 Å². The third kappa shape index (κ3) is 2.96. The van der Waals surface area contributed by atoms with Crippen molar-refractivity contribution in [1.29, 1.82) is 0 Å². The fourth-order valence-corrected chi connectivity index (χ4v) is 2.39. The Hall–Kier alpha value is -2.64. The summed E-state index contributed by atoms with van der Waals surface area (Å²) in [7, 11) is 0. The molecule has 8 heteroatoms. The Morgan fingerprint density at radius 2 is 2.22 bits per heavy atom. The Morgan fingerprint density at radius 3 is 2.96 bits per heavy atom. The van der Waals surface area contributed by atoms with Gasteiger partial charge in [-0.2, -0.15) is 19.9 Å². The van der Waals surface area contributed by atoms with E-state index < -0.39 is 0 Å². The molecule has 1 aliphatic carbocycles. The number of aromatic amines is 1. The highest BCUT2D eigenvalue weighted by Crippen LogP contribution is 2.30. The molecule has 0 amide bonds. The van der Waals surface area contributed by atoms with E-state index in [1.165, 1.54) is 12.8 Å². The van der Waals surface area contributed by atoms with Crippen molar-refractivity contribution < 1.29 is 0 Å². The van der Waals surface area contributed by atoms with Crippen molar-refractivity contribution in [2.45, 2.75) is 32.7 Å². The first kappa shape index (κ1) is 14.0. The van der Waals surface area contributed by atoms with Gasteiger partial charge in [-0.05, 0) is 38.7 Å². The molecule has 0 unspecified atom stereocenters. The summed E-state index contributed by atoms with van der Waals surface area (Å²) in [5, 5.41) is 16.2. The lowest BCUT2D eigenvalue weighted by molar-refractivity contribution is 0.467. The van der Waals surface area contributed by atoms with Crippen LogP contribution in [-0.2, 0) is 0 Å². The Balaban J connectivity index is 1.60. The minimum absolute atomic E-state index is 0.216. The van der Waals surface area contributed by atoms with Gasteiger partial charge in [0, 0.05) is 12.7 Å². The molecule has 0 saturated heterocycles. The maximum atomic E-state index is 4.59. The van der Waals surface area contributed by atoms with Crippen molar-refractivity contribution in [3.05, 3.63) is 18.5 Å². The molecule has 0 atom stereocenters. The summed E-state index contributed by atoms with van der Waals surface area (Å²) in [6, 6.07) is 2.21. The zero-order valence-corrected chi connectivity index (χ0v) is 13.2. The maximum absolute atomic E-state index is 4.59. The van der Waals surface area contributed by atoms with E-state index in [0.717, 1.165) is 29.3 Å². The molecule has 0 spiro atoms. The fourth-order valence-electron chi connectivity index (χ4n) is 2.39. The minimum atomic E-state index is 0.216. The number of anilines is 3. The predicted octanol–water partition coefficient (Wildman–Crippen LogP) is 2.70. The number of H-pyrrole nitrogens is 1. The smallest absolute Gasteiger partial charge is 0.232 e. The molecule has 8 nitrogen and oxygen atoms in total. The van der Waals surface area contributed by atoms with Crippen molar-refractivity contribution in [2.24, 2.45) is 5.92 Å². The van der Waals surface area contributed by atoms with Crippen LogP contribution in [0.1, 0.15) is 32.7 Å². The predicted molar refractivity (Wildman–Crippen MR) is 88.8 cm³/mol. The van der Waals surface area contributed by atoms with E-state index in [4.69, 9.17) is 0 Å². The molecule has 1 fully saturated rings. The van der Waals surface area contributed by atoms with Crippen LogP contribution in [-0.4, -0.2) is 36.5 Å². The molecule has 0 aromatic carbocycles. The largest absolute Gasteiger partial charge is 0.369 e. The average molecular weight is 312 g/mol. The summed E-state index contributed by atoms with van der Waals surface area (Å²) in [6.45, 7) is 5.02. The number of hydrogen-bond acceptors (Lipinski definition) is 6. The fraction of sp³-hybridized carbons (Fsp3) is 0.467. The molecule has 23 heavy (non-hydrogen) atoms. The third-order valence-corrected chi connectivity index (χ3v) is 3.88. The number of aromatic nitrogens is 6. The molecular weight excluding hydrogens is 292 g/mol. The Morgan fingerprint density at radius 1 is 1.35 bits per heavy atom. The summed E-state index contributed by atoms with van der Waals surface area (Å²) in [5.41, 5.74) is 0.803. The summed E-state index contributed by atoms with van der Waals surface area (Å²) in [5.74, 6) is 2.77. The van der Waals surface area contributed by atoms with Crippen LogP contribution in [0.15, 0.2) is 18.5 Å². The second kappa shape index (κ2) is 5.53. The first-order valence-electron chi connectivity index (χ1n) is 7.97. The quantitative estimate of drug-likeness (QED) is 0.647. The van der Waals surface area contributed by atoms with Gasteiger partial charge in [0.2, 0.25) is 5.95 Å². The van der Waals surface area contributed by atoms with E-state index in [0.29, 0.717) is 11.8 Å². The number of rotatable bonds is 6. The van der Waals surface area contributed by atoms with Gasteiger partial charge in [-0.15, -0.1) is 5.10 Å². The molecule has 1 saturated carbocycles. The molecule has 120 valence electrons. The van der Waals surface area contributed by atoms with Gasteiger partial charge in [-0.3, -0.25) is 0 Å². The van der Waals surface area contributed by atoms with Gasteiger partial charge >= 0.3 is 0 Å². The van der Waals surface area contributed by atoms with Gasteiger partial charge in [0.05, 0.1) is 17.6 Å². The van der Waals surface area contributed by atoms with Crippen molar-refractivity contribution in [2.75, 3.05) is 17.2 Å². The number of fused-ring (bicyclic) bond motifs is 1. The molecule has 0 radical (unpaired) electrons. The lowest BCUT2D eigenvalue weighted by atomic mass is 10.3. The summed E-state index contributed by atoms with van der Waals surface area (Å²) < 4.78 is 0. The van der Waals surface area contributed by atoms with Gasteiger partial charge in [-0.1, -0.05) is 0 Å². The zero-order valence-electron chi connectivity index (χ0n) is 13.2. The Kier molecular flexibility index (Phi) is 3.36. The lowest BCUT2D eigenvalue weighted by Crippen LogP contribution is -2.08. The molecule has 3 aromatic rings. The van der Waals surface area contributed by atoms with Gasteiger partial charge in [-0.25, -0.2) is 0 Å². The summed E-state index contributed by atoms with van der Waals surface area (Å²) in [4.78, 5) is 13.9. The number of nitrogens with one attached hydrogen (secondary N) is 3. The van der Waals surface area contributed by atoms with Crippen LogP contribution in [0, 0.1) is 5.92 Å². The van der Waals surface area contributed by atoms with Gasteiger partial charge < -0.3 is 15.6 Å². The number of hydrogen-bond donors (Lipinski definition) is 3. The van der Waals surface area contributed by atoms with E-state index in [2.05, 4.69) is 35.8 Å². The topological polar surface area (TPSA) is 96.3 Å². The molecule has 3 aromatic heterocycles. The zero-order chi connectivity index (χ0) is 15.8. The molecule has 0 bridgehead atoms. The van der Waals surface area contributed by atoms with Crippen LogP contribution in [0.4, 0.5) is 17.6 Å². The summed E-state index contributed by atoms with van der Waals surface area (Å²) in [6.07, 6.45) is 6.16. The molecule has 3 heterocycles. The van der Waals surface area contributed by atoms with E-state index >= 15 is 0 Å². The van der Waals surface area contributed by atoms with Gasteiger partial charge in [0.15, 0.2) is 5.82 Å². The molecule has 1 aliphatic rings. The van der Waals surface area contributed by atoms with Crippen LogP contribution in [0.3, 0.4) is 0 Å². The Labute approximate surface area is 133 Å². The van der Waals surface area contributed by atoms with E-state index in [9.17, 15) is 0 Å². The van der Waals surface area contributed by atoms with Crippen LogP contribution in [0.25, 0.3) is 11.0 Å². The first-order valence-corrected chi connectivity index (χ1v) is 7.97. The van der Waals surface area contributed by atoms with Crippen molar-refractivity contribution in [1.82, 2.24) is 29.9 Å². The molecule has 4 rings (SSSR count). The highest BCUT2D eigenvalue weighted by molar-refractivity contribution is 5.88. The molecule has 0 aliphatic heterocycles. The maximum Gasteiger partial charge on any atom is 0.232 e. The number of nitrogens with zero attached hydrogens (tertiary/aromatic N) is 5. The molecular formula is C15H20N8. The van der Waals surface area contributed by atoms with E-state index in [-0.39, 0.29) is 6.04 Å². The third-order valence-electron chi connectivity index (χ3n) is 3.88.